The zero-order valence-electron chi connectivity index (χ0n) is 33.6. The number of nitrogens with one attached hydrogen (secondary N) is 1. The predicted octanol–water partition coefficient (Wildman–Crippen LogP) is 5.25. The van der Waals surface area contributed by atoms with Gasteiger partial charge in [0.15, 0.2) is 18.0 Å². The van der Waals surface area contributed by atoms with Crippen LogP contribution >= 0.6 is 21.6 Å². The van der Waals surface area contributed by atoms with Gasteiger partial charge in [-0.25, -0.2) is 4.79 Å². The number of phenols is 1. The first-order chi connectivity index (χ1) is 29.4. The van der Waals surface area contributed by atoms with Crippen molar-refractivity contribution in [2.75, 3.05) is 31.4 Å². The molecule has 3 aromatic rings. The van der Waals surface area contributed by atoms with Crippen LogP contribution in [0.25, 0.3) is 17.4 Å². The molecule has 7 N–H and O–H groups in total. The highest BCUT2D eigenvalue weighted by Gasteiger charge is 2.72. The van der Waals surface area contributed by atoms with Gasteiger partial charge in [-0.15, -0.1) is 0 Å². The minimum atomic E-state index is -2.98. The van der Waals surface area contributed by atoms with E-state index in [1.807, 2.05) is 18.3 Å². The Morgan fingerprint density at radius 3 is 2.61 bits per heavy atom. The number of allylic oxidation sites excluding steroid dienone is 2. The standard InChI is InChI=1S/C45H50N2O12S2/c1-3-27-8-4-5-9-28(27)10-6-7-26(2)34-21-47-42(54)45(55)43(58-32-15-16-33-37(19-32)56-22-35(38(33)50)29-11-13-31(49)14-12-29)59-39(41(52)53)40(51)44(45,24-48)57-25-61-60-23-36(34)30-17-18-46-20-30/h4-6,8-17,19-20,24,26,34,36,39-40,42-43,47,49-51,54-55H,3,7,18,21-23,25H2,1-2H3,(H,52,53)/b10-6+/t26-,34-,36-,39-,40+,42+,43+,44-,45-/m0/s1. The van der Waals surface area contributed by atoms with E-state index in [0.29, 0.717) is 29.9 Å². The van der Waals surface area contributed by atoms with Crippen molar-refractivity contribution in [3.05, 3.63) is 107 Å². The quantitative estimate of drug-likeness (QED) is 0.0968. The van der Waals surface area contributed by atoms with Crippen LogP contribution in [0.15, 0.2) is 89.4 Å². The molecule has 0 aliphatic carbocycles. The number of fused-ring (bicyclic) bond motifs is 2. The van der Waals surface area contributed by atoms with Gasteiger partial charge >= 0.3 is 5.97 Å². The predicted molar refractivity (Wildman–Crippen MR) is 233 cm³/mol. The minimum Gasteiger partial charge on any atom is -0.508 e. The van der Waals surface area contributed by atoms with Gasteiger partial charge in [-0.1, -0.05) is 90.1 Å². The fourth-order valence-corrected chi connectivity index (χ4v) is 10.5. The summed E-state index contributed by atoms with van der Waals surface area (Å²) in [5.41, 5.74) is -1.01. The van der Waals surface area contributed by atoms with Crippen LogP contribution in [-0.4, -0.2) is 116 Å². The van der Waals surface area contributed by atoms with Crippen LogP contribution in [-0.2, 0) is 25.5 Å². The fraction of sp³-hybridized carbons (Fsp3) is 0.400. The Hall–Kier alpha value is -4.65. The van der Waals surface area contributed by atoms with E-state index < -0.39 is 41.9 Å². The van der Waals surface area contributed by atoms with E-state index in [2.05, 4.69) is 54.5 Å². The number of carbonyl (C=O) groups is 2. The summed E-state index contributed by atoms with van der Waals surface area (Å²) in [6.07, 6.45) is 1.14. The van der Waals surface area contributed by atoms with E-state index in [-0.39, 0.29) is 71.7 Å². The molecular formula is C45H50N2O12S2. The number of benzene rings is 3. The lowest BCUT2D eigenvalue weighted by Crippen LogP contribution is -2.82. The van der Waals surface area contributed by atoms with Gasteiger partial charge in [-0.3, -0.25) is 15.1 Å². The molecule has 0 spiro atoms. The molecule has 4 heterocycles. The Bertz CT molecular complexity index is 2200. The summed E-state index contributed by atoms with van der Waals surface area (Å²) < 4.78 is 23.9. The molecule has 4 aliphatic rings. The number of aryl methyl sites for hydroxylation is 1. The molecule has 7 rings (SSSR count). The second kappa shape index (κ2) is 19.2. The average molecular weight is 875 g/mol. The lowest BCUT2D eigenvalue weighted by Gasteiger charge is -2.55. The summed E-state index contributed by atoms with van der Waals surface area (Å²) in [5.74, 6) is -1.55. The minimum absolute atomic E-state index is 0.00653. The molecule has 9 atom stereocenters. The van der Waals surface area contributed by atoms with E-state index in [1.54, 1.807) is 12.1 Å². The number of aliphatic carboxylic acids is 1. The summed E-state index contributed by atoms with van der Waals surface area (Å²) in [5, 5.41) is 70.8. The molecular weight excluding hydrogens is 825 g/mol. The first-order valence-corrected chi connectivity index (χ1v) is 22.5. The molecule has 14 nitrogen and oxygen atoms in total. The molecule has 0 radical (unpaired) electrons. The summed E-state index contributed by atoms with van der Waals surface area (Å²) in [7, 11) is 2.66. The van der Waals surface area contributed by atoms with E-state index in [9.17, 15) is 40.2 Å². The number of carboxylic acids is 1. The van der Waals surface area contributed by atoms with Gasteiger partial charge in [0.25, 0.3) is 0 Å². The number of aliphatic imine (C=N–C) groups is 1. The molecule has 0 bridgehead atoms. The highest BCUT2D eigenvalue weighted by Crippen LogP contribution is 2.46. The van der Waals surface area contributed by atoms with E-state index >= 15 is 0 Å². The number of carbonyl (C=O) groups excluding carboxylic acids is 1. The van der Waals surface area contributed by atoms with Crippen LogP contribution < -0.4 is 14.8 Å². The molecule has 324 valence electrons. The monoisotopic (exact) mass is 874 g/mol. The van der Waals surface area contributed by atoms with Crippen LogP contribution in [0, 0.1) is 17.8 Å². The zero-order chi connectivity index (χ0) is 43.3. The number of ether oxygens (including phenoxy) is 4. The summed E-state index contributed by atoms with van der Waals surface area (Å²) >= 11 is 0. The van der Waals surface area contributed by atoms with Gasteiger partial charge in [0.2, 0.25) is 11.9 Å². The van der Waals surface area contributed by atoms with Gasteiger partial charge in [0.1, 0.15) is 47.9 Å². The maximum Gasteiger partial charge on any atom is 0.335 e. The third-order valence-corrected chi connectivity index (χ3v) is 14.0. The molecule has 0 amide bonds. The molecule has 3 aromatic carbocycles. The van der Waals surface area contributed by atoms with Crippen molar-refractivity contribution < 1.29 is 59.2 Å². The van der Waals surface area contributed by atoms with E-state index in [1.165, 1.54) is 57.5 Å². The maximum absolute atomic E-state index is 13.3. The molecule has 2 saturated heterocycles. The van der Waals surface area contributed by atoms with Crippen LogP contribution in [0.1, 0.15) is 42.5 Å². The number of rotatable bonds is 11. The molecule has 2 fully saturated rings. The Morgan fingerprint density at radius 1 is 1.10 bits per heavy atom. The fourth-order valence-electron chi connectivity index (χ4n) is 8.39. The number of aromatic hydroxyl groups is 1. The van der Waals surface area contributed by atoms with Crippen molar-refractivity contribution in [2.45, 2.75) is 62.6 Å². The largest absolute Gasteiger partial charge is 0.508 e. The number of aldehydes is 1. The van der Waals surface area contributed by atoms with Crippen molar-refractivity contribution in [3.63, 3.8) is 0 Å². The third-order valence-electron chi connectivity index (χ3n) is 12.0. The van der Waals surface area contributed by atoms with Crippen molar-refractivity contribution in [3.8, 4) is 17.2 Å². The molecule has 16 heteroatoms. The molecule has 61 heavy (non-hydrogen) atoms. The summed E-state index contributed by atoms with van der Waals surface area (Å²) in [6, 6.07) is 18.7. The third kappa shape index (κ3) is 8.86. The first kappa shape index (κ1) is 44.4. The van der Waals surface area contributed by atoms with E-state index in [4.69, 9.17) is 18.9 Å². The Morgan fingerprint density at radius 2 is 1.89 bits per heavy atom. The zero-order valence-corrected chi connectivity index (χ0v) is 35.3. The van der Waals surface area contributed by atoms with Gasteiger partial charge in [0, 0.05) is 30.2 Å². The number of hydrogen-bond donors (Lipinski definition) is 7. The summed E-state index contributed by atoms with van der Waals surface area (Å²) in [4.78, 5) is 30.4. The van der Waals surface area contributed by atoms with Crippen LogP contribution in [0.5, 0.6) is 17.2 Å². The Labute approximate surface area is 361 Å². The molecule has 4 aliphatic heterocycles. The molecule has 0 aromatic heterocycles. The second-order valence-corrected chi connectivity index (χ2v) is 17.9. The number of phenolic OH excluding ortho intramolecular Hbond substituents is 1. The highest BCUT2D eigenvalue weighted by atomic mass is 33.1. The Kier molecular flexibility index (Phi) is 14.0. The van der Waals surface area contributed by atoms with Crippen molar-refractivity contribution >= 4 is 57.5 Å². The van der Waals surface area contributed by atoms with Crippen molar-refractivity contribution in [1.29, 1.82) is 0 Å². The lowest BCUT2D eigenvalue weighted by molar-refractivity contribution is -0.364. The van der Waals surface area contributed by atoms with Crippen LogP contribution in [0.4, 0.5) is 0 Å². The summed E-state index contributed by atoms with van der Waals surface area (Å²) in [6.45, 7) is 4.80. The highest BCUT2D eigenvalue weighted by molar-refractivity contribution is 8.76. The SMILES string of the molecule is CCc1ccccc1/C=C/C[C@H](C)[C@@H]1CN[C@H](O)[C@]2(O)[C@H](Oc3ccc4c(c3)OCC(c3ccc(O)cc3)=C4O)O[C@H](C(=O)O)[C@@H](O)[C@]2(C=O)OCSSC[C@H]1C1=CCN=C1. The van der Waals surface area contributed by atoms with Crippen molar-refractivity contribution in [2.24, 2.45) is 22.7 Å². The van der Waals surface area contributed by atoms with Crippen LogP contribution in [0.2, 0.25) is 0 Å². The van der Waals surface area contributed by atoms with Crippen LogP contribution in [0.3, 0.4) is 0 Å². The normalized spacial score (nSPS) is 30.0. The second-order valence-electron chi connectivity index (χ2n) is 15.5. The van der Waals surface area contributed by atoms with Gasteiger partial charge in [-0.05, 0) is 77.1 Å². The smallest absolute Gasteiger partial charge is 0.335 e. The molecule has 0 unspecified atom stereocenters. The average Bonchev–Trinajstić information content (AvgIpc) is 3.80. The van der Waals surface area contributed by atoms with Crippen molar-refractivity contribution in [1.82, 2.24) is 5.32 Å². The number of hydrogen-bond acceptors (Lipinski definition) is 15. The topological polar surface area (TPSA) is 217 Å². The van der Waals surface area contributed by atoms with Gasteiger partial charge < -0.3 is 49.6 Å². The first-order valence-electron chi connectivity index (χ1n) is 20.1. The van der Waals surface area contributed by atoms with Gasteiger partial charge in [-0.2, -0.15) is 0 Å². The number of aliphatic hydroxyl groups excluding tert-OH is 3. The lowest BCUT2D eigenvalue weighted by atomic mass is 9.72. The van der Waals surface area contributed by atoms with E-state index in [0.717, 1.165) is 17.6 Å². The maximum atomic E-state index is 13.3. The molecule has 0 saturated carbocycles. The number of carboxylic acid groups (broad SMARTS) is 1. The number of aliphatic hydroxyl groups is 4. The van der Waals surface area contributed by atoms with Gasteiger partial charge in [0.05, 0.1) is 12.1 Å². The number of nitrogens with zero attached hydrogens (tertiary/aromatic N) is 1. The Balaban J connectivity index is 1.22.